The number of hydrogen-bond donors (Lipinski definition) is 0. The van der Waals surface area contributed by atoms with Crippen LogP contribution in [0.3, 0.4) is 0 Å². The first-order valence-corrected chi connectivity index (χ1v) is 3.57. The highest BCUT2D eigenvalue weighted by molar-refractivity contribution is 5.18. The summed E-state index contributed by atoms with van der Waals surface area (Å²) in [6, 6.07) is 12.5. The zero-order valence-electron chi connectivity index (χ0n) is 7.49. The van der Waals surface area contributed by atoms with E-state index in [0.717, 1.165) is 5.56 Å². The van der Waals surface area contributed by atoms with Gasteiger partial charge in [-0.05, 0) is 5.56 Å². The SMILES string of the molecule is [2H]C(C#N)(C#N)Cc1ccccc1. The van der Waals surface area contributed by atoms with E-state index in [2.05, 4.69) is 0 Å². The first kappa shape index (κ1) is 6.88. The Morgan fingerprint density at radius 2 is 1.83 bits per heavy atom. The summed E-state index contributed by atoms with van der Waals surface area (Å²) in [7, 11) is 0. The molecule has 0 N–H and O–H groups in total. The van der Waals surface area contributed by atoms with E-state index in [-0.39, 0.29) is 6.42 Å². The molecule has 0 heterocycles. The Balaban J connectivity index is 2.83. The predicted molar refractivity (Wildman–Crippen MR) is 44.9 cm³/mol. The molecule has 0 aromatic heterocycles. The van der Waals surface area contributed by atoms with E-state index in [0.29, 0.717) is 0 Å². The molecule has 0 aliphatic carbocycles. The van der Waals surface area contributed by atoms with Crippen molar-refractivity contribution in [3.05, 3.63) is 35.9 Å². The standard InChI is InChI=1S/C10H8N2/c11-7-10(8-12)6-9-4-2-1-3-5-9/h1-5,10H,6H2/i10D. The lowest BCUT2D eigenvalue weighted by Crippen LogP contribution is -1.97. The zero-order chi connectivity index (χ0) is 9.73. The number of rotatable bonds is 2. The second kappa shape index (κ2) is 4.16. The molecule has 0 bridgehead atoms. The van der Waals surface area contributed by atoms with E-state index in [1.54, 1.807) is 24.3 Å². The number of nitriles is 2. The van der Waals surface area contributed by atoms with Crippen molar-refractivity contribution >= 4 is 0 Å². The fourth-order valence-electron chi connectivity index (χ4n) is 0.904. The molecule has 1 aromatic rings. The second-order valence-electron chi connectivity index (χ2n) is 2.36. The third kappa shape index (κ3) is 2.11. The lowest BCUT2D eigenvalue weighted by atomic mass is 10.0. The predicted octanol–water partition coefficient (Wildman–Crippen LogP) is 1.89. The van der Waals surface area contributed by atoms with Crippen LogP contribution in [0, 0.1) is 28.6 Å². The van der Waals surface area contributed by atoms with Gasteiger partial charge in [-0.1, -0.05) is 30.3 Å². The molecule has 2 heteroatoms. The normalized spacial score (nSPS) is 11.0. The molecular weight excluding hydrogens is 148 g/mol. The molecule has 1 aromatic carbocycles. The minimum Gasteiger partial charge on any atom is -0.197 e. The summed E-state index contributed by atoms with van der Waals surface area (Å²) >= 11 is 0. The lowest BCUT2D eigenvalue weighted by Gasteiger charge is -1.98. The van der Waals surface area contributed by atoms with Gasteiger partial charge in [0.2, 0.25) is 0 Å². The molecule has 0 atom stereocenters. The third-order valence-corrected chi connectivity index (χ3v) is 1.49. The van der Waals surface area contributed by atoms with E-state index in [4.69, 9.17) is 11.9 Å². The van der Waals surface area contributed by atoms with Crippen LogP contribution < -0.4 is 0 Å². The maximum Gasteiger partial charge on any atom is 0.137 e. The van der Waals surface area contributed by atoms with Gasteiger partial charge < -0.3 is 0 Å². The van der Waals surface area contributed by atoms with Crippen LogP contribution in [0.25, 0.3) is 0 Å². The highest BCUT2D eigenvalue weighted by atomic mass is 14.3. The molecule has 0 fully saturated rings. The van der Waals surface area contributed by atoms with Gasteiger partial charge in [-0.3, -0.25) is 0 Å². The molecule has 0 aliphatic heterocycles. The van der Waals surface area contributed by atoms with Gasteiger partial charge in [0.15, 0.2) is 0 Å². The molecular formula is C10H8N2. The molecule has 58 valence electrons. The van der Waals surface area contributed by atoms with Crippen LogP contribution >= 0.6 is 0 Å². The van der Waals surface area contributed by atoms with Crippen molar-refractivity contribution in [1.29, 1.82) is 10.5 Å². The van der Waals surface area contributed by atoms with Gasteiger partial charge >= 0.3 is 0 Å². The third-order valence-electron chi connectivity index (χ3n) is 1.49. The van der Waals surface area contributed by atoms with Gasteiger partial charge in [0.1, 0.15) is 5.89 Å². The maximum atomic E-state index is 8.59. The maximum absolute atomic E-state index is 8.59. The average Bonchev–Trinajstić information content (AvgIpc) is 2.19. The Morgan fingerprint density at radius 3 is 2.33 bits per heavy atom. The van der Waals surface area contributed by atoms with Crippen molar-refractivity contribution in [1.82, 2.24) is 0 Å². The lowest BCUT2D eigenvalue weighted by molar-refractivity contribution is 0.834. The largest absolute Gasteiger partial charge is 0.197 e. The first-order chi connectivity index (χ1) is 6.20. The van der Waals surface area contributed by atoms with Crippen molar-refractivity contribution < 1.29 is 1.37 Å². The van der Waals surface area contributed by atoms with Crippen molar-refractivity contribution in [3.63, 3.8) is 0 Å². The summed E-state index contributed by atoms with van der Waals surface area (Å²) in [6.07, 6.45) is 0.154. The minimum atomic E-state index is -1.65. The van der Waals surface area contributed by atoms with Crippen molar-refractivity contribution in [3.8, 4) is 12.1 Å². The number of benzene rings is 1. The van der Waals surface area contributed by atoms with E-state index < -0.39 is 5.89 Å². The quantitative estimate of drug-likeness (QED) is 0.658. The Morgan fingerprint density at radius 1 is 1.25 bits per heavy atom. The molecule has 0 amide bonds. The molecule has 0 aliphatic rings. The molecule has 0 saturated heterocycles. The Kier molecular flexibility index (Phi) is 2.38. The molecule has 0 unspecified atom stereocenters. The topological polar surface area (TPSA) is 47.6 Å². The monoisotopic (exact) mass is 157 g/mol. The van der Waals surface area contributed by atoms with Gasteiger partial charge in [-0.25, -0.2) is 0 Å². The number of nitrogens with zero attached hydrogens (tertiary/aromatic N) is 2. The summed E-state index contributed by atoms with van der Waals surface area (Å²) in [5.74, 6) is -1.65. The van der Waals surface area contributed by atoms with E-state index in [9.17, 15) is 0 Å². The summed E-state index contributed by atoms with van der Waals surface area (Å²) in [6.45, 7) is 0. The van der Waals surface area contributed by atoms with Crippen LogP contribution in [0.1, 0.15) is 6.93 Å². The molecule has 0 spiro atoms. The fourth-order valence-corrected chi connectivity index (χ4v) is 0.904. The number of hydrogen-bond acceptors (Lipinski definition) is 2. The van der Waals surface area contributed by atoms with Gasteiger partial charge in [0.05, 0.1) is 13.5 Å². The van der Waals surface area contributed by atoms with Crippen LogP contribution in [0.4, 0.5) is 0 Å². The molecule has 0 saturated carbocycles. The van der Waals surface area contributed by atoms with Crippen LogP contribution in [0.15, 0.2) is 30.3 Å². The molecule has 12 heavy (non-hydrogen) atoms. The highest BCUT2D eigenvalue weighted by Crippen LogP contribution is 2.06. The van der Waals surface area contributed by atoms with Gasteiger partial charge in [-0.15, -0.1) is 0 Å². The van der Waals surface area contributed by atoms with Crippen LogP contribution in [0.5, 0.6) is 0 Å². The molecule has 2 nitrogen and oxygen atoms in total. The Hall–Kier alpha value is -1.80. The summed E-state index contributed by atoms with van der Waals surface area (Å²) in [4.78, 5) is 0. The summed E-state index contributed by atoms with van der Waals surface area (Å²) in [5.41, 5.74) is 0.834. The van der Waals surface area contributed by atoms with Crippen LogP contribution in [-0.2, 0) is 6.42 Å². The summed E-state index contributed by atoms with van der Waals surface area (Å²) in [5, 5.41) is 17.2. The highest BCUT2D eigenvalue weighted by Gasteiger charge is 2.04. The minimum absolute atomic E-state index is 0.154. The van der Waals surface area contributed by atoms with Gasteiger partial charge in [0.25, 0.3) is 0 Å². The van der Waals surface area contributed by atoms with Crippen molar-refractivity contribution in [2.45, 2.75) is 6.42 Å². The zero-order valence-corrected chi connectivity index (χ0v) is 6.49. The van der Waals surface area contributed by atoms with Gasteiger partial charge in [0, 0.05) is 6.42 Å². The van der Waals surface area contributed by atoms with E-state index in [1.807, 2.05) is 18.2 Å². The Labute approximate surface area is 73.1 Å². The fraction of sp³-hybridized carbons (Fsp3) is 0.200. The summed E-state index contributed by atoms with van der Waals surface area (Å²) < 4.78 is 7.43. The second-order valence-corrected chi connectivity index (χ2v) is 2.36. The van der Waals surface area contributed by atoms with E-state index in [1.165, 1.54) is 0 Å². The van der Waals surface area contributed by atoms with Crippen LogP contribution in [0.2, 0.25) is 0 Å². The van der Waals surface area contributed by atoms with Crippen LogP contribution in [-0.4, -0.2) is 0 Å². The van der Waals surface area contributed by atoms with Gasteiger partial charge in [-0.2, -0.15) is 10.5 Å². The molecule has 0 radical (unpaired) electrons. The smallest absolute Gasteiger partial charge is 0.137 e. The first-order valence-electron chi connectivity index (χ1n) is 4.07. The average molecular weight is 157 g/mol. The molecule has 1 rings (SSSR count). The van der Waals surface area contributed by atoms with Crippen molar-refractivity contribution in [2.75, 3.05) is 0 Å². The van der Waals surface area contributed by atoms with E-state index >= 15 is 0 Å². The Bertz CT molecular complexity index is 345. The van der Waals surface area contributed by atoms with Crippen molar-refractivity contribution in [2.24, 2.45) is 5.89 Å².